The molecular weight excluding hydrogens is 294 g/mol. The highest BCUT2D eigenvalue weighted by atomic mass is 16.8. The molecule has 1 saturated heterocycles. The number of rotatable bonds is 4. The van der Waals surface area contributed by atoms with Gasteiger partial charge in [0.2, 0.25) is 5.79 Å². The van der Waals surface area contributed by atoms with Gasteiger partial charge in [-0.15, -0.1) is 0 Å². The van der Waals surface area contributed by atoms with Gasteiger partial charge in [-0.2, -0.15) is 5.10 Å². The average Bonchev–Trinajstić information content (AvgIpc) is 3.26. The van der Waals surface area contributed by atoms with Crippen molar-refractivity contribution in [2.24, 2.45) is 0 Å². The molecule has 1 aliphatic heterocycles. The van der Waals surface area contributed by atoms with Gasteiger partial charge in [0.05, 0.1) is 18.5 Å². The molecule has 3 heterocycles. The molecule has 6 heteroatoms. The summed E-state index contributed by atoms with van der Waals surface area (Å²) in [5.41, 5.74) is 0. The molecule has 0 saturated carbocycles. The van der Waals surface area contributed by atoms with Crippen LogP contribution in [-0.4, -0.2) is 27.0 Å². The second kappa shape index (κ2) is 5.47. The number of benzene rings is 1. The molecule has 0 amide bonds. The summed E-state index contributed by atoms with van der Waals surface area (Å²) in [4.78, 5) is 4.01. The molecular formula is C17H19N3O3. The zero-order valence-electron chi connectivity index (χ0n) is 13.2. The lowest BCUT2D eigenvalue weighted by Gasteiger charge is -2.26. The van der Waals surface area contributed by atoms with E-state index < -0.39 is 5.79 Å². The van der Waals surface area contributed by atoms with Crippen molar-refractivity contribution in [3.63, 3.8) is 0 Å². The Morgan fingerprint density at radius 2 is 2.13 bits per heavy atom. The lowest BCUT2D eigenvalue weighted by atomic mass is 10.1. The van der Waals surface area contributed by atoms with Crippen molar-refractivity contribution < 1.29 is 13.9 Å². The Morgan fingerprint density at radius 1 is 1.26 bits per heavy atom. The molecule has 4 rings (SSSR count). The minimum Gasteiger partial charge on any atom is -0.462 e. The van der Waals surface area contributed by atoms with Gasteiger partial charge in [-0.3, -0.25) is 0 Å². The predicted octanol–water partition coefficient (Wildman–Crippen LogP) is 3.09. The van der Waals surface area contributed by atoms with Crippen LogP contribution in [0.3, 0.4) is 0 Å². The number of aromatic nitrogens is 3. The van der Waals surface area contributed by atoms with Crippen LogP contribution in [0.5, 0.6) is 0 Å². The van der Waals surface area contributed by atoms with Crippen LogP contribution in [0.15, 0.2) is 47.6 Å². The summed E-state index contributed by atoms with van der Waals surface area (Å²) in [5.74, 6) is -0.303. The molecule has 0 aliphatic carbocycles. The average molecular weight is 313 g/mol. The lowest BCUT2D eigenvalue weighted by molar-refractivity contribution is -0.205. The van der Waals surface area contributed by atoms with E-state index in [1.165, 1.54) is 6.33 Å². The molecule has 1 fully saturated rings. The summed E-state index contributed by atoms with van der Waals surface area (Å²) in [6.45, 7) is 4.52. The molecule has 0 bridgehead atoms. The van der Waals surface area contributed by atoms with Crippen molar-refractivity contribution in [1.29, 1.82) is 0 Å². The fourth-order valence-corrected chi connectivity index (χ4v) is 3.23. The quantitative estimate of drug-likeness (QED) is 0.740. The third-order valence-electron chi connectivity index (χ3n) is 4.34. The van der Waals surface area contributed by atoms with Crippen LogP contribution < -0.4 is 0 Å². The highest BCUT2D eigenvalue weighted by Gasteiger charge is 2.50. The van der Waals surface area contributed by atoms with Crippen LogP contribution >= 0.6 is 0 Å². The molecule has 3 unspecified atom stereocenters. The molecule has 0 N–H and O–H groups in total. The third-order valence-corrected chi connectivity index (χ3v) is 4.34. The predicted molar refractivity (Wildman–Crippen MR) is 83.6 cm³/mol. The molecule has 0 radical (unpaired) electrons. The fraction of sp³-hybridized carbons (Fsp3) is 0.412. The minimum absolute atomic E-state index is 0.0161. The molecule has 1 aromatic carbocycles. The smallest absolute Gasteiger partial charge is 0.250 e. The summed E-state index contributed by atoms with van der Waals surface area (Å²) in [7, 11) is 0. The van der Waals surface area contributed by atoms with E-state index in [1.54, 1.807) is 17.3 Å². The number of hydrogen-bond donors (Lipinski definition) is 0. The van der Waals surface area contributed by atoms with Gasteiger partial charge in [0, 0.05) is 10.8 Å². The van der Waals surface area contributed by atoms with Gasteiger partial charge in [0.15, 0.2) is 5.76 Å². The highest BCUT2D eigenvalue weighted by Crippen LogP contribution is 2.43. The zero-order valence-corrected chi connectivity index (χ0v) is 13.2. The second-order valence-corrected chi connectivity index (χ2v) is 5.89. The molecule has 6 nitrogen and oxygen atoms in total. The van der Waals surface area contributed by atoms with Crippen molar-refractivity contribution >= 4 is 10.8 Å². The SMILES string of the molecule is CCC1OC(Cn2cncn2)(c2occ3ccccc23)OC1C. The van der Waals surface area contributed by atoms with Crippen LogP contribution in [-0.2, 0) is 21.8 Å². The third kappa shape index (κ3) is 2.34. The van der Waals surface area contributed by atoms with Crippen molar-refractivity contribution in [3.8, 4) is 0 Å². The lowest BCUT2D eigenvalue weighted by Crippen LogP contribution is -2.33. The number of fused-ring (bicyclic) bond motifs is 1. The summed E-state index contributed by atoms with van der Waals surface area (Å²) in [6, 6.07) is 8.01. The summed E-state index contributed by atoms with van der Waals surface area (Å²) >= 11 is 0. The van der Waals surface area contributed by atoms with E-state index in [-0.39, 0.29) is 12.2 Å². The number of hydrogen-bond acceptors (Lipinski definition) is 5. The molecule has 3 atom stereocenters. The van der Waals surface area contributed by atoms with Crippen LogP contribution in [0, 0.1) is 0 Å². The molecule has 23 heavy (non-hydrogen) atoms. The molecule has 3 aromatic rings. The van der Waals surface area contributed by atoms with Crippen molar-refractivity contribution in [3.05, 3.63) is 48.9 Å². The normalized spacial score (nSPS) is 27.7. The first-order chi connectivity index (χ1) is 11.2. The van der Waals surface area contributed by atoms with Gasteiger partial charge in [0.25, 0.3) is 0 Å². The summed E-state index contributed by atoms with van der Waals surface area (Å²) < 4.78 is 20.2. The zero-order chi connectivity index (χ0) is 15.9. The number of furan rings is 1. The van der Waals surface area contributed by atoms with E-state index >= 15 is 0 Å². The Labute approximate surface area is 134 Å². The van der Waals surface area contributed by atoms with E-state index in [9.17, 15) is 0 Å². The molecule has 1 aliphatic rings. The topological polar surface area (TPSA) is 62.3 Å². The number of ether oxygens (including phenoxy) is 2. The van der Waals surface area contributed by atoms with E-state index in [2.05, 4.69) is 17.0 Å². The first-order valence-corrected chi connectivity index (χ1v) is 7.86. The van der Waals surface area contributed by atoms with Gasteiger partial charge in [-0.1, -0.05) is 31.2 Å². The Hall–Kier alpha value is -2.18. The standard InChI is InChI=1S/C17H19N3O3/c1-3-15-12(2)22-17(23-15,9-20-11-18-10-19-20)16-14-7-5-4-6-13(14)8-21-16/h4-8,10-12,15H,3,9H2,1-2H3. The summed E-state index contributed by atoms with van der Waals surface area (Å²) in [5, 5.41) is 6.22. The minimum atomic E-state index is -0.989. The monoisotopic (exact) mass is 313 g/mol. The highest BCUT2D eigenvalue weighted by molar-refractivity contribution is 5.84. The van der Waals surface area contributed by atoms with Crippen LogP contribution in [0.4, 0.5) is 0 Å². The Bertz CT molecular complexity index is 798. The van der Waals surface area contributed by atoms with Crippen molar-refractivity contribution in [1.82, 2.24) is 14.8 Å². The maximum Gasteiger partial charge on any atom is 0.250 e. The maximum atomic E-state index is 6.33. The first kappa shape index (κ1) is 14.4. The van der Waals surface area contributed by atoms with Gasteiger partial charge in [-0.25, -0.2) is 9.67 Å². The maximum absolute atomic E-state index is 6.33. The van der Waals surface area contributed by atoms with E-state index in [4.69, 9.17) is 13.9 Å². The summed E-state index contributed by atoms with van der Waals surface area (Å²) in [6.07, 6.45) is 5.77. The van der Waals surface area contributed by atoms with Crippen LogP contribution in [0.2, 0.25) is 0 Å². The van der Waals surface area contributed by atoms with Crippen molar-refractivity contribution in [2.45, 2.75) is 44.8 Å². The van der Waals surface area contributed by atoms with Crippen molar-refractivity contribution in [2.75, 3.05) is 0 Å². The number of nitrogens with zero attached hydrogens (tertiary/aromatic N) is 3. The van der Waals surface area contributed by atoms with Gasteiger partial charge < -0.3 is 13.9 Å². The molecule has 120 valence electrons. The van der Waals surface area contributed by atoms with Gasteiger partial charge in [-0.05, 0) is 13.3 Å². The van der Waals surface area contributed by atoms with Gasteiger partial charge in [0.1, 0.15) is 19.2 Å². The fourth-order valence-electron chi connectivity index (χ4n) is 3.23. The Kier molecular flexibility index (Phi) is 3.43. The Morgan fingerprint density at radius 3 is 2.87 bits per heavy atom. The van der Waals surface area contributed by atoms with Crippen LogP contribution in [0.1, 0.15) is 26.0 Å². The molecule has 2 aromatic heterocycles. The van der Waals surface area contributed by atoms with Gasteiger partial charge >= 0.3 is 0 Å². The van der Waals surface area contributed by atoms with E-state index in [0.29, 0.717) is 12.3 Å². The molecule has 0 spiro atoms. The Balaban J connectivity index is 1.82. The first-order valence-electron chi connectivity index (χ1n) is 7.86. The van der Waals surface area contributed by atoms with E-state index in [0.717, 1.165) is 17.2 Å². The largest absolute Gasteiger partial charge is 0.462 e. The van der Waals surface area contributed by atoms with E-state index in [1.807, 2.05) is 31.2 Å². The van der Waals surface area contributed by atoms with Crippen LogP contribution in [0.25, 0.3) is 10.8 Å². The second-order valence-electron chi connectivity index (χ2n) is 5.89.